The highest BCUT2D eigenvalue weighted by molar-refractivity contribution is 5.95. The van der Waals surface area contributed by atoms with E-state index in [9.17, 15) is 4.79 Å². The highest BCUT2D eigenvalue weighted by Crippen LogP contribution is 2.39. The average molecular weight is 232 g/mol. The molecule has 92 valence electrons. The Morgan fingerprint density at radius 2 is 2.00 bits per heavy atom. The SMILES string of the molecule is CC(C)NC(=O)N1CC(C)(C)c2ccccc21. The fourth-order valence-electron chi connectivity index (χ4n) is 2.35. The molecule has 3 heteroatoms. The minimum atomic E-state index is -0.00183. The molecule has 1 aromatic carbocycles. The Morgan fingerprint density at radius 1 is 1.35 bits per heavy atom. The molecule has 2 amide bonds. The predicted molar refractivity (Wildman–Crippen MR) is 70.5 cm³/mol. The molecule has 0 aliphatic carbocycles. The van der Waals surface area contributed by atoms with Gasteiger partial charge in [0.1, 0.15) is 0 Å². The van der Waals surface area contributed by atoms with Gasteiger partial charge in [0, 0.05) is 23.7 Å². The molecule has 0 saturated carbocycles. The van der Waals surface area contributed by atoms with Crippen molar-refractivity contribution in [2.45, 2.75) is 39.2 Å². The van der Waals surface area contributed by atoms with Crippen LogP contribution in [-0.4, -0.2) is 18.6 Å². The standard InChI is InChI=1S/C14H20N2O/c1-10(2)15-13(17)16-9-14(3,4)11-7-5-6-8-12(11)16/h5-8,10H,9H2,1-4H3,(H,15,17). The summed E-state index contributed by atoms with van der Waals surface area (Å²) < 4.78 is 0. The number of rotatable bonds is 1. The van der Waals surface area contributed by atoms with Crippen molar-refractivity contribution in [1.82, 2.24) is 5.32 Å². The summed E-state index contributed by atoms with van der Waals surface area (Å²) in [4.78, 5) is 14.0. The van der Waals surface area contributed by atoms with Crippen LogP contribution in [0.25, 0.3) is 0 Å². The van der Waals surface area contributed by atoms with Crippen molar-refractivity contribution >= 4 is 11.7 Å². The molecule has 1 aliphatic rings. The molecule has 1 N–H and O–H groups in total. The second-order valence-electron chi connectivity index (χ2n) is 5.59. The van der Waals surface area contributed by atoms with Crippen LogP contribution < -0.4 is 10.2 Å². The Bertz CT molecular complexity index is 438. The number of urea groups is 1. The van der Waals surface area contributed by atoms with E-state index in [2.05, 4.69) is 25.2 Å². The van der Waals surface area contributed by atoms with Gasteiger partial charge in [-0.2, -0.15) is 0 Å². The first-order chi connectivity index (χ1) is 7.92. The smallest absolute Gasteiger partial charge is 0.322 e. The number of para-hydroxylation sites is 1. The second-order valence-corrected chi connectivity index (χ2v) is 5.59. The Hall–Kier alpha value is -1.51. The van der Waals surface area contributed by atoms with E-state index in [4.69, 9.17) is 0 Å². The van der Waals surface area contributed by atoms with Crippen LogP contribution in [0.5, 0.6) is 0 Å². The van der Waals surface area contributed by atoms with Crippen LogP contribution >= 0.6 is 0 Å². The van der Waals surface area contributed by atoms with Crippen LogP contribution in [0.3, 0.4) is 0 Å². The second kappa shape index (κ2) is 4.06. The number of anilines is 1. The molecule has 1 heterocycles. The number of hydrogen-bond donors (Lipinski definition) is 1. The normalized spacial score (nSPS) is 17.1. The van der Waals surface area contributed by atoms with Crippen molar-refractivity contribution < 1.29 is 4.79 Å². The summed E-state index contributed by atoms with van der Waals surface area (Å²) >= 11 is 0. The van der Waals surface area contributed by atoms with Crippen molar-refractivity contribution in [3.63, 3.8) is 0 Å². The number of benzene rings is 1. The molecule has 0 atom stereocenters. The molecule has 0 unspecified atom stereocenters. The zero-order valence-corrected chi connectivity index (χ0v) is 10.9. The number of carbonyl (C=O) groups excluding carboxylic acids is 1. The maximum atomic E-state index is 12.1. The third-order valence-corrected chi connectivity index (χ3v) is 3.13. The van der Waals surface area contributed by atoms with E-state index in [-0.39, 0.29) is 17.5 Å². The Labute approximate surface area is 103 Å². The predicted octanol–water partition coefficient (Wildman–Crippen LogP) is 2.90. The maximum Gasteiger partial charge on any atom is 0.322 e. The quantitative estimate of drug-likeness (QED) is 0.793. The van der Waals surface area contributed by atoms with Crippen LogP contribution in [0.2, 0.25) is 0 Å². The molecule has 0 fully saturated rings. The lowest BCUT2D eigenvalue weighted by molar-refractivity contribution is 0.243. The minimum Gasteiger partial charge on any atom is -0.336 e. The van der Waals surface area contributed by atoms with Gasteiger partial charge < -0.3 is 5.32 Å². The first-order valence-corrected chi connectivity index (χ1v) is 6.09. The lowest BCUT2D eigenvalue weighted by atomic mass is 9.87. The highest BCUT2D eigenvalue weighted by atomic mass is 16.2. The van der Waals surface area contributed by atoms with Gasteiger partial charge in [-0.1, -0.05) is 32.0 Å². The highest BCUT2D eigenvalue weighted by Gasteiger charge is 2.37. The fraction of sp³-hybridized carbons (Fsp3) is 0.500. The van der Waals surface area contributed by atoms with Crippen LogP contribution in [0.4, 0.5) is 10.5 Å². The monoisotopic (exact) mass is 232 g/mol. The lowest BCUT2D eigenvalue weighted by Crippen LogP contribution is -2.44. The number of carbonyl (C=O) groups is 1. The van der Waals surface area contributed by atoms with Gasteiger partial charge in [-0.25, -0.2) is 4.79 Å². The zero-order chi connectivity index (χ0) is 12.6. The van der Waals surface area contributed by atoms with Gasteiger partial charge in [0.25, 0.3) is 0 Å². The number of hydrogen-bond acceptors (Lipinski definition) is 1. The van der Waals surface area contributed by atoms with Crippen molar-refractivity contribution in [3.8, 4) is 0 Å². The Morgan fingerprint density at radius 3 is 2.65 bits per heavy atom. The van der Waals surface area contributed by atoms with Crippen molar-refractivity contribution in [2.75, 3.05) is 11.4 Å². The molecular weight excluding hydrogens is 212 g/mol. The van der Waals surface area contributed by atoms with Crippen LogP contribution in [-0.2, 0) is 5.41 Å². The molecule has 17 heavy (non-hydrogen) atoms. The molecule has 1 aromatic rings. The van der Waals surface area contributed by atoms with E-state index in [0.29, 0.717) is 0 Å². The lowest BCUT2D eigenvalue weighted by Gasteiger charge is -2.22. The summed E-state index contributed by atoms with van der Waals surface area (Å²) in [7, 11) is 0. The number of amides is 2. The summed E-state index contributed by atoms with van der Waals surface area (Å²) in [5.41, 5.74) is 2.32. The van der Waals surface area contributed by atoms with Gasteiger partial charge >= 0.3 is 6.03 Å². The fourth-order valence-corrected chi connectivity index (χ4v) is 2.35. The van der Waals surface area contributed by atoms with Crippen molar-refractivity contribution in [2.24, 2.45) is 0 Å². The van der Waals surface area contributed by atoms with E-state index in [0.717, 1.165) is 12.2 Å². The van der Waals surface area contributed by atoms with E-state index < -0.39 is 0 Å². The summed E-state index contributed by atoms with van der Waals surface area (Å²) in [5, 5.41) is 2.95. The molecule has 0 spiro atoms. The Balaban J connectivity index is 2.32. The molecular formula is C14H20N2O. The van der Waals surface area contributed by atoms with E-state index >= 15 is 0 Å². The van der Waals surface area contributed by atoms with Crippen molar-refractivity contribution in [3.05, 3.63) is 29.8 Å². The summed E-state index contributed by atoms with van der Waals surface area (Å²) in [6.45, 7) is 9.05. The van der Waals surface area contributed by atoms with Crippen LogP contribution in [0, 0.1) is 0 Å². The molecule has 0 saturated heterocycles. The summed E-state index contributed by atoms with van der Waals surface area (Å²) in [6.07, 6.45) is 0. The third-order valence-electron chi connectivity index (χ3n) is 3.13. The molecule has 0 bridgehead atoms. The molecule has 0 radical (unpaired) electrons. The first-order valence-electron chi connectivity index (χ1n) is 6.09. The van der Waals surface area contributed by atoms with Gasteiger partial charge in [0.2, 0.25) is 0 Å². The summed E-state index contributed by atoms with van der Waals surface area (Å²) in [5.74, 6) is 0. The number of fused-ring (bicyclic) bond motifs is 1. The van der Waals surface area contributed by atoms with Gasteiger partial charge in [0.05, 0.1) is 0 Å². The molecule has 0 aromatic heterocycles. The Kier molecular flexibility index (Phi) is 2.86. The van der Waals surface area contributed by atoms with Gasteiger partial charge in [-0.15, -0.1) is 0 Å². The number of nitrogens with zero attached hydrogens (tertiary/aromatic N) is 1. The topological polar surface area (TPSA) is 32.3 Å². The third kappa shape index (κ3) is 2.14. The van der Waals surface area contributed by atoms with Crippen molar-refractivity contribution in [1.29, 1.82) is 0 Å². The summed E-state index contributed by atoms with van der Waals surface area (Å²) in [6, 6.07) is 8.30. The molecule has 2 rings (SSSR count). The molecule has 1 aliphatic heterocycles. The van der Waals surface area contributed by atoms with Crippen LogP contribution in [0.1, 0.15) is 33.3 Å². The van der Waals surface area contributed by atoms with E-state index in [1.165, 1.54) is 5.56 Å². The largest absolute Gasteiger partial charge is 0.336 e. The maximum absolute atomic E-state index is 12.1. The van der Waals surface area contributed by atoms with Gasteiger partial charge in [0.15, 0.2) is 0 Å². The average Bonchev–Trinajstić information content (AvgIpc) is 2.51. The van der Waals surface area contributed by atoms with E-state index in [1.54, 1.807) is 0 Å². The zero-order valence-electron chi connectivity index (χ0n) is 10.9. The first kappa shape index (κ1) is 12.0. The van der Waals surface area contributed by atoms with Gasteiger partial charge in [-0.05, 0) is 25.5 Å². The molecule has 3 nitrogen and oxygen atoms in total. The van der Waals surface area contributed by atoms with Gasteiger partial charge in [-0.3, -0.25) is 4.90 Å². The number of nitrogens with one attached hydrogen (secondary N) is 1. The van der Waals surface area contributed by atoms with Crippen LogP contribution in [0.15, 0.2) is 24.3 Å². The van der Waals surface area contributed by atoms with E-state index in [1.807, 2.05) is 36.9 Å². The minimum absolute atomic E-state index is 0.00183.